The molecule has 0 aromatic carbocycles. The summed E-state index contributed by atoms with van der Waals surface area (Å²) in [5.74, 6) is 0.380. The highest BCUT2D eigenvalue weighted by Crippen LogP contribution is 2.08. The number of aliphatic hydroxyl groups is 1. The molecule has 0 aliphatic carbocycles. The number of nitrogens with zero attached hydrogens (tertiary/aromatic N) is 2. The largest absolute Gasteiger partial charge is 0.480 e. The zero-order valence-corrected chi connectivity index (χ0v) is 5.61. The van der Waals surface area contributed by atoms with Crippen LogP contribution in [0.5, 0.6) is 5.88 Å². The van der Waals surface area contributed by atoms with Crippen LogP contribution in [-0.4, -0.2) is 22.2 Å². The number of aromatic nitrogens is 2. The quantitative estimate of drug-likeness (QED) is 0.627. The van der Waals surface area contributed by atoms with Gasteiger partial charge >= 0.3 is 0 Å². The van der Waals surface area contributed by atoms with E-state index in [1.54, 1.807) is 0 Å². The zero-order valence-electron chi connectivity index (χ0n) is 5.61. The second-order valence-corrected chi connectivity index (χ2v) is 1.67. The van der Waals surface area contributed by atoms with Crippen molar-refractivity contribution in [1.82, 2.24) is 9.97 Å². The van der Waals surface area contributed by atoms with Gasteiger partial charge in [-0.15, -0.1) is 0 Å². The fourth-order valence-electron chi connectivity index (χ4n) is 0.633. The van der Waals surface area contributed by atoms with Crippen LogP contribution in [0, 0.1) is 0 Å². The Labute approximate surface area is 58.5 Å². The molecule has 0 radical (unpaired) electrons. The highest BCUT2D eigenvalue weighted by molar-refractivity contribution is 5.15. The molecule has 4 nitrogen and oxygen atoms in total. The van der Waals surface area contributed by atoms with Crippen LogP contribution in [0.4, 0.5) is 0 Å². The molecule has 1 N–H and O–H groups in total. The summed E-state index contributed by atoms with van der Waals surface area (Å²) >= 11 is 0. The highest BCUT2D eigenvalue weighted by Gasteiger charge is 2.00. The van der Waals surface area contributed by atoms with Gasteiger partial charge in [0.15, 0.2) is 0 Å². The van der Waals surface area contributed by atoms with Gasteiger partial charge in [-0.05, 0) is 0 Å². The smallest absolute Gasteiger partial charge is 0.237 e. The molecule has 0 saturated carbocycles. The van der Waals surface area contributed by atoms with Crippen LogP contribution in [0.15, 0.2) is 12.4 Å². The summed E-state index contributed by atoms with van der Waals surface area (Å²) in [6, 6.07) is 0. The molecule has 0 unspecified atom stereocenters. The Morgan fingerprint density at radius 1 is 1.50 bits per heavy atom. The third kappa shape index (κ3) is 1.22. The summed E-state index contributed by atoms with van der Waals surface area (Å²) in [7, 11) is 1.49. The number of aliphatic hydroxyl groups excluding tert-OH is 1. The van der Waals surface area contributed by atoms with E-state index in [1.807, 2.05) is 0 Å². The fraction of sp³-hybridized carbons (Fsp3) is 0.333. The Kier molecular flexibility index (Phi) is 2.17. The lowest BCUT2D eigenvalue weighted by Gasteiger charge is -2.00. The maximum absolute atomic E-state index is 8.67. The lowest BCUT2D eigenvalue weighted by atomic mass is 10.4. The average molecular weight is 140 g/mol. The van der Waals surface area contributed by atoms with Gasteiger partial charge in [0.1, 0.15) is 5.69 Å². The Hall–Kier alpha value is -1.16. The maximum Gasteiger partial charge on any atom is 0.237 e. The molecule has 1 aromatic heterocycles. The van der Waals surface area contributed by atoms with Crippen LogP contribution in [-0.2, 0) is 6.61 Å². The number of hydrogen-bond donors (Lipinski definition) is 1. The van der Waals surface area contributed by atoms with E-state index in [4.69, 9.17) is 9.84 Å². The van der Waals surface area contributed by atoms with Crippen molar-refractivity contribution in [3.8, 4) is 5.88 Å². The number of ether oxygens (including phenoxy) is 1. The van der Waals surface area contributed by atoms with E-state index in [0.29, 0.717) is 11.6 Å². The van der Waals surface area contributed by atoms with E-state index in [-0.39, 0.29) is 6.61 Å². The molecule has 0 aliphatic rings. The summed E-state index contributed by atoms with van der Waals surface area (Å²) in [5, 5.41) is 8.67. The molecule has 0 fully saturated rings. The molecule has 0 atom stereocenters. The molecular weight excluding hydrogens is 132 g/mol. The predicted octanol–water partition coefficient (Wildman–Crippen LogP) is -0.0225. The van der Waals surface area contributed by atoms with Crippen molar-refractivity contribution in [3.63, 3.8) is 0 Å². The first-order chi connectivity index (χ1) is 4.88. The Morgan fingerprint density at radius 3 is 2.70 bits per heavy atom. The summed E-state index contributed by atoms with van der Waals surface area (Å²) in [4.78, 5) is 7.65. The van der Waals surface area contributed by atoms with E-state index < -0.39 is 0 Å². The Morgan fingerprint density at radius 2 is 2.20 bits per heavy atom. The van der Waals surface area contributed by atoms with Crippen molar-refractivity contribution in [1.29, 1.82) is 0 Å². The van der Waals surface area contributed by atoms with Crippen LogP contribution in [0.2, 0.25) is 0 Å². The summed E-state index contributed by atoms with van der Waals surface area (Å²) in [6.45, 7) is -0.142. The van der Waals surface area contributed by atoms with E-state index in [1.165, 1.54) is 19.5 Å². The second kappa shape index (κ2) is 3.12. The lowest BCUT2D eigenvalue weighted by Crippen LogP contribution is -1.96. The topological polar surface area (TPSA) is 55.2 Å². The molecule has 54 valence electrons. The standard InChI is InChI=1S/C6H8N2O2/c1-10-6-5(4-9)7-2-3-8-6/h2-3,9H,4H2,1H3. The Balaban J connectivity index is 2.96. The summed E-state index contributed by atoms with van der Waals surface area (Å²) in [5.41, 5.74) is 0.463. The van der Waals surface area contributed by atoms with Gasteiger partial charge in [-0.3, -0.25) is 4.98 Å². The van der Waals surface area contributed by atoms with Gasteiger partial charge in [-0.1, -0.05) is 0 Å². The molecule has 4 heteroatoms. The van der Waals surface area contributed by atoms with Gasteiger partial charge in [-0.2, -0.15) is 0 Å². The first-order valence-electron chi connectivity index (χ1n) is 2.83. The lowest BCUT2D eigenvalue weighted by molar-refractivity contribution is 0.265. The van der Waals surface area contributed by atoms with Gasteiger partial charge < -0.3 is 9.84 Å². The molecule has 0 bridgehead atoms. The van der Waals surface area contributed by atoms with Crippen molar-refractivity contribution >= 4 is 0 Å². The van der Waals surface area contributed by atoms with Crippen LogP contribution in [0.3, 0.4) is 0 Å². The first-order valence-corrected chi connectivity index (χ1v) is 2.83. The minimum atomic E-state index is -0.142. The molecule has 0 amide bonds. The molecule has 0 spiro atoms. The minimum Gasteiger partial charge on any atom is -0.480 e. The average Bonchev–Trinajstić information content (AvgIpc) is 2.04. The van der Waals surface area contributed by atoms with Crippen molar-refractivity contribution in [3.05, 3.63) is 18.1 Å². The summed E-state index contributed by atoms with van der Waals surface area (Å²) in [6.07, 6.45) is 3.02. The second-order valence-electron chi connectivity index (χ2n) is 1.67. The van der Waals surface area contributed by atoms with Crippen molar-refractivity contribution in [2.45, 2.75) is 6.61 Å². The maximum atomic E-state index is 8.67. The normalized spacial score (nSPS) is 9.40. The van der Waals surface area contributed by atoms with Crippen molar-refractivity contribution in [2.24, 2.45) is 0 Å². The molecule has 0 saturated heterocycles. The van der Waals surface area contributed by atoms with Crippen molar-refractivity contribution in [2.75, 3.05) is 7.11 Å². The predicted molar refractivity (Wildman–Crippen MR) is 34.5 cm³/mol. The number of hydrogen-bond acceptors (Lipinski definition) is 4. The third-order valence-corrected chi connectivity index (χ3v) is 1.08. The monoisotopic (exact) mass is 140 g/mol. The van der Waals surface area contributed by atoms with E-state index in [0.717, 1.165) is 0 Å². The third-order valence-electron chi connectivity index (χ3n) is 1.08. The van der Waals surface area contributed by atoms with Crippen molar-refractivity contribution < 1.29 is 9.84 Å². The van der Waals surface area contributed by atoms with Crippen LogP contribution < -0.4 is 4.74 Å². The van der Waals surface area contributed by atoms with Gasteiger partial charge in [0.05, 0.1) is 13.7 Å². The number of methoxy groups -OCH3 is 1. The molecule has 1 rings (SSSR count). The minimum absolute atomic E-state index is 0.142. The highest BCUT2D eigenvalue weighted by atomic mass is 16.5. The number of rotatable bonds is 2. The SMILES string of the molecule is COc1nccnc1CO. The zero-order chi connectivity index (χ0) is 7.40. The first kappa shape index (κ1) is 6.95. The molecule has 10 heavy (non-hydrogen) atoms. The van der Waals surface area contributed by atoms with Gasteiger partial charge in [-0.25, -0.2) is 4.98 Å². The van der Waals surface area contributed by atoms with E-state index in [2.05, 4.69) is 9.97 Å². The van der Waals surface area contributed by atoms with Gasteiger partial charge in [0.2, 0.25) is 5.88 Å². The molecule has 0 aliphatic heterocycles. The summed E-state index contributed by atoms with van der Waals surface area (Å²) < 4.78 is 4.80. The van der Waals surface area contributed by atoms with Crippen LogP contribution in [0.1, 0.15) is 5.69 Å². The fourth-order valence-corrected chi connectivity index (χ4v) is 0.633. The molecular formula is C6H8N2O2. The molecule has 1 heterocycles. The van der Waals surface area contributed by atoms with E-state index >= 15 is 0 Å². The van der Waals surface area contributed by atoms with Crippen LogP contribution >= 0.6 is 0 Å². The molecule has 1 aromatic rings. The Bertz CT molecular complexity index is 192. The van der Waals surface area contributed by atoms with Crippen LogP contribution in [0.25, 0.3) is 0 Å². The van der Waals surface area contributed by atoms with Gasteiger partial charge in [0, 0.05) is 12.4 Å². The van der Waals surface area contributed by atoms with Gasteiger partial charge in [0.25, 0.3) is 0 Å². The van der Waals surface area contributed by atoms with E-state index in [9.17, 15) is 0 Å².